The molecule has 0 radical (unpaired) electrons. The topological polar surface area (TPSA) is 85.0 Å². The number of benzene rings is 1. The fraction of sp³-hybridized carbons (Fsp3) is 0.350. The van der Waals surface area contributed by atoms with Crippen LogP contribution in [0.3, 0.4) is 0 Å². The average Bonchev–Trinajstić information content (AvgIpc) is 3.18. The van der Waals surface area contributed by atoms with Crippen molar-refractivity contribution in [2.75, 3.05) is 6.54 Å². The fourth-order valence-corrected chi connectivity index (χ4v) is 3.37. The largest absolute Gasteiger partial charge is 0.417 e. The summed E-state index contributed by atoms with van der Waals surface area (Å²) < 4.78 is 5.88. The predicted molar refractivity (Wildman–Crippen MR) is 98.9 cm³/mol. The second-order valence-electron chi connectivity index (χ2n) is 6.81. The summed E-state index contributed by atoms with van der Waals surface area (Å²) in [6, 6.07) is 7.43. The summed E-state index contributed by atoms with van der Waals surface area (Å²) in [5.74, 6) is 0.785. The van der Waals surface area contributed by atoms with Crippen molar-refractivity contribution in [3.63, 3.8) is 0 Å². The molecular weight excluding hydrogens is 342 g/mol. The molecule has 2 aromatic heterocycles. The summed E-state index contributed by atoms with van der Waals surface area (Å²) in [5.41, 5.74) is 3.04. The van der Waals surface area contributed by atoms with Gasteiger partial charge in [-0.05, 0) is 44.7 Å². The minimum atomic E-state index is -0.217. The maximum atomic E-state index is 13.1. The van der Waals surface area contributed by atoms with Crippen LogP contribution >= 0.6 is 0 Å². The normalized spacial score (nSPS) is 17.1. The van der Waals surface area contributed by atoms with Crippen LogP contribution in [0, 0.1) is 13.8 Å². The number of rotatable bonds is 3. The lowest BCUT2D eigenvalue weighted by molar-refractivity contribution is 0.0571. The van der Waals surface area contributed by atoms with Gasteiger partial charge in [0, 0.05) is 18.3 Å². The van der Waals surface area contributed by atoms with Crippen molar-refractivity contribution in [2.24, 2.45) is 0 Å². The van der Waals surface area contributed by atoms with E-state index >= 15 is 0 Å². The van der Waals surface area contributed by atoms with Gasteiger partial charge in [0.1, 0.15) is 11.7 Å². The molecule has 138 valence electrons. The lowest BCUT2D eigenvalue weighted by Gasteiger charge is -2.33. The van der Waals surface area contributed by atoms with Crippen molar-refractivity contribution in [2.45, 2.75) is 39.2 Å². The van der Waals surface area contributed by atoms with Gasteiger partial charge in [0.05, 0.1) is 11.9 Å². The highest BCUT2D eigenvalue weighted by Gasteiger charge is 2.33. The first-order valence-corrected chi connectivity index (χ1v) is 9.12. The van der Waals surface area contributed by atoms with Gasteiger partial charge in [0.2, 0.25) is 5.89 Å². The molecule has 3 heterocycles. The van der Waals surface area contributed by atoms with Crippen LogP contribution in [0.2, 0.25) is 0 Å². The Kier molecular flexibility index (Phi) is 4.66. The van der Waals surface area contributed by atoms with Gasteiger partial charge in [-0.1, -0.05) is 18.2 Å². The molecule has 27 heavy (non-hydrogen) atoms. The van der Waals surface area contributed by atoms with E-state index in [2.05, 4.69) is 20.2 Å². The first-order valence-electron chi connectivity index (χ1n) is 9.12. The highest BCUT2D eigenvalue weighted by atomic mass is 16.4. The molecular formula is C20H21N5O2. The molecule has 1 amide bonds. The number of nitrogens with zero attached hydrogens (tertiary/aromatic N) is 5. The van der Waals surface area contributed by atoms with Crippen molar-refractivity contribution in [3.8, 4) is 11.6 Å². The molecule has 3 aromatic rings. The summed E-state index contributed by atoms with van der Waals surface area (Å²) in [4.78, 5) is 23.5. The first-order chi connectivity index (χ1) is 13.1. The molecule has 0 bridgehead atoms. The van der Waals surface area contributed by atoms with E-state index in [1.54, 1.807) is 12.4 Å². The number of piperidine rings is 1. The Morgan fingerprint density at radius 3 is 2.74 bits per heavy atom. The second kappa shape index (κ2) is 7.26. The van der Waals surface area contributed by atoms with Gasteiger partial charge in [-0.3, -0.25) is 9.78 Å². The highest BCUT2D eigenvalue weighted by molar-refractivity contribution is 5.95. The standard InChI is InChI=1S/C20H21N5O2/c1-13-7-3-4-8-15(13)20(26)25-10-6-5-9-17(25)19-24-23-18(27-19)16-12-21-14(2)11-22-16/h3-4,7-8,11-12,17H,5-6,9-10H2,1-2H3/t17-/m1/s1. The van der Waals surface area contributed by atoms with Crippen LogP contribution in [0.1, 0.15) is 52.8 Å². The fourth-order valence-electron chi connectivity index (χ4n) is 3.37. The van der Waals surface area contributed by atoms with Crippen LogP contribution in [0.4, 0.5) is 0 Å². The number of aromatic nitrogens is 4. The Balaban J connectivity index is 1.62. The molecule has 0 saturated carbocycles. The molecule has 1 aliphatic heterocycles. The van der Waals surface area contributed by atoms with E-state index in [0.717, 1.165) is 30.5 Å². The van der Waals surface area contributed by atoms with E-state index < -0.39 is 0 Å². The van der Waals surface area contributed by atoms with Gasteiger partial charge < -0.3 is 9.32 Å². The van der Waals surface area contributed by atoms with Crippen LogP contribution in [-0.4, -0.2) is 37.5 Å². The Morgan fingerprint density at radius 1 is 1.11 bits per heavy atom. The lowest BCUT2D eigenvalue weighted by Crippen LogP contribution is -2.39. The number of likely N-dealkylation sites (tertiary alicyclic amines) is 1. The Labute approximate surface area is 157 Å². The van der Waals surface area contributed by atoms with Crippen molar-refractivity contribution in [3.05, 3.63) is 59.4 Å². The highest BCUT2D eigenvalue weighted by Crippen LogP contribution is 2.32. The molecule has 1 fully saturated rings. The Hall–Kier alpha value is -3.09. The van der Waals surface area contributed by atoms with Gasteiger partial charge in [0.25, 0.3) is 11.8 Å². The predicted octanol–water partition coefficient (Wildman–Crippen LogP) is 3.51. The van der Waals surface area contributed by atoms with Crippen molar-refractivity contribution < 1.29 is 9.21 Å². The second-order valence-corrected chi connectivity index (χ2v) is 6.81. The van der Waals surface area contributed by atoms with E-state index in [-0.39, 0.29) is 11.9 Å². The minimum Gasteiger partial charge on any atom is -0.417 e. The monoisotopic (exact) mass is 363 g/mol. The van der Waals surface area contributed by atoms with Crippen LogP contribution in [-0.2, 0) is 0 Å². The van der Waals surface area contributed by atoms with Crippen LogP contribution in [0.25, 0.3) is 11.6 Å². The molecule has 1 aromatic carbocycles. The third-order valence-electron chi connectivity index (χ3n) is 4.86. The molecule has 4 rings (SSSR count). The van der Waals surface area contributed by atoms with E-state index in [4.69, 9.17) is 4.42 Å². The molecule has 1 atom stereocenters. The zero-order valence-corrected chi connectivity index (χ0v) is 15.4. The molecule has 7 nitrogen and oxygen atoms in total. The summed E-state index contributed by atoms with van der Waals surface area (Å²) in [7, 11) is 0. The summed E-state index contributed by atoms with van der Waals surface area (Å²) in [6.45, 7) is 4.50. The molecule has 0 spiro atoms. The number of amides is 1. The summed E-state index contributed by atoms with van der Waals surface area (Å²) in [6.07, 6.45) is 6.07. The maximum Gasteiger partial charge on any atom is 0.267 e. The van der Waals surface area contributed by atoms with Crippen LogP contribution < -0.4 is 0 Å². The average molecular weight is 363 g/mol. The SMILES string of the molecule is Cc1cnc(-c2nnc([C@H]3CCCCN3C(=O)c3ccccc3C)o2)cn1. The van der Waals surface area contributed by atoms with Crippen LogP contribution in [0.15, 0.2) is 41.1 Å². The summed E-state index contributed by atoms with van der Waals surface area (Å²) >= 11 is 0. The maximum absolute atomic E-state index is 13.1. The van der Waals surface area contributed by atoms with Gasteiger partial charge >= 0.3 is 0 Å². The van der Waals surface area contributed by atoms with Gasteiger partial charge in [-0.15, -0.1) is 10.2 Å². The van der Waals surface area contributed by atoms with Crippen LogP contribution in [0.5, 0.6) is 0 Å². The van der Waals surface area contributed by atoms with E-state index in [9.17, 15) is 4.79 Å². The van der Waals surface area contributed by atoms with E-state index in [1.165, 1.54) is 0 Å². The van der Waals surface area contributed by atoms with Gasteiger partial charge in [-0.2, -0.15) is 0 Å². The number of carbonyl (C=O) groups excluding carboxylic acids is 1. The molecule has 1 saturated heterocycles. The van der Waals surface area contributed by atoms with Gasteiger partial charge in [-0.25, -0.2) is 4.98 Å². The quantitative estimate of drug-likeness (QED) is 0.708. The zero-order valence-electron chi connectivity index (χ0n) is 15.4. The molecule has 7 heteroatoms. The molecule has 0 unspecified atom stereocenters. The molecule has 1 aliphatic rings. The number of hydrogen-bond donors (Lipinski definition) is 0. The van der Waals surface area contributed by atoms with E-state index in [0.29, 0.717) is 29.6 Å². The molecule has 0 N–H and O–H groups in total. The van der Waals surface area contributed by atoms with Crippen molar-refractivity contribution in [1.82, 2.24) is 25.1 Å². The number of carbonyl (C=O) groups is 1. The number of hydrogen-bond acceptors (Lipinski definition) is 6. The molecule has 0 aliphatic carbocycles. The lowest BCUT2D eigenvalue weighted by atomic mass is 9.99. The zero-order chi connectivity index (χ0) is 18.8. The Bertz CT molecular complexity index is 951. The number of aryl methyl sites for hydroxylation is 2. The van der Waals surface area contributed by atoms with Crippen molar-refractivity contribution >= 4 is 5.91 Å². The third-order valence-corrected chi connectivity index (χ3v) is 4.86. The van der Waals surface area contributed by atoms with E-state index in [1.807, 2.05) is 43.0 Å². The van der Waals surface area contributed by atoms with Gasteiger partial charge in [0.15, 0.2) is 0 Å². The summed E-state index contributed by atoms with van der Waals surface area (Å²) in [5, 5.41) is 8.33. The minimum absolute atomic E-state index is 0.00711. The third kappa shape index (κ3) is 3.45. The first kappa shape index (κ1) is 17.3. The van der Waals surface area contributed by atoms with Crippen molar-refractivity contribution in [1.29, 1.82) is 0 Å². The smallest absolute Gasteiger partial charge is 0.267 e. The Morgan fingerprint density at radius 2 is 1.96 bits per heavy atom.